The molecular formula is C18H18N2O4S2. The number of rotatable bonds is 7. The van der Waals surface area contributed by atoms with Crippen LogP contribution in [-0.2, 0) is 27.7 Å². The van der Waals surface area contributed by atoms with Crippen LogP contribution in [0.2, 0.25) is 0 Å². The first-order valence-electron chi connectivity index (χ1n) is 8.08. The van der Waals surface area contributed by atoms with E-state index in [2.05, 4.69) is 10.0 Å². The standard InChI is InChI=1S/C18H18N2O4S2/c21-17-16(25-18(22)20-17)12-14-6-8-15(9-7-14)26(23,24)19-11-10-13-4-2-1-3-5-13/h1-9,16,19H,10-12H2,(H,20,21,22)/t16-/m0/s1. The lowest BCUT2D eigenvalue weighted by molar-refractivity contribution is -0.118. The van der Waals surface area contributed by atoms with E-state index in [1.807, 2.05) is 30.3 Å². The van der Waals surface area contributed by atoms with Crippen LogP contribution in [0.1, 0.15) is 11.1 Å². The highest BCUT2D eigenvalue weighted by Crippen LogP contribution is 2.23. The monoisotopic (exact) mass is 390 g/mol. The van der Waals surface area contributed by atoms with Gasteiger partial charge in [0.25, 0.3) is 5.24 Å². The third-order valence-corrected chi connectivity index (χ3v) is 6.43. The number of thioether (sulfide) groups is 1. The Morgan fingerprint density at radius 2 is 1.65 bits per heavy atom. The van der Waals surface area contributed by atoms with Gasteiger partial charge < -0.3 is 0 Å². The van der Waals surface area contributed by atoms with Crippen LogP contribution in [0.3, 0.4) is 0 Å². The van der Waals surface area contributed by atoms with Crippen LogP contribution in [0.25, 0.3) is 0 Å². The van der Waals surface area contributed by atoms with Gasteiger partial charge in [0.05, 0.1) is 10.1 Å². The minimum Gasteiger partial charge on any atom is -0.286 e. The molecule has 136 valence electrons. The third kappa shape index (κ3) is 4.72. The minimum atomic E-state index is -3.58. The number of sulfonamides is 1. The zero-order valence-electron chi connectivity index (χ0n) is 13.8. The smallest absolute Gasteiger partial charge is 0.286 e. The van der Waals surface area contributed by atoms with Crippen LogP contribution in [0.5, 0.6) is 0 Å². The molecule has 2 aromatic rings. The second kappa shape index (κ2) is 8.03. The molecule has 0 radical (unpaired) electrons. The van der Waals surface area contributed by atoms with E-state index < -0.39 is 15.3 Å². The van der Waals surface area contributed by atoms with Crippen LogP contribution in [0.15, 0.2) is 59.5 Å². The highest BCUT2D eigenvalue weighted by atomic mass is 32.2. The van der Waals surface area contributed by atoms with Crippen LogP contribution >= 0.6 is 11.8 Å². The van der Waals surface area contributed by atoms with Crippen molar-refractivity contribution >= 4 is 32.9 Å². The van der Waals surface area contributed by atoms with Gasteiger partial charge in [-0.25, -0.2) is 13.1 Å². The lowest BCUT2D eigenvalue weighted by atomic mass is 10.1. The normalized spacial score (nSPS) is 17.3. The molecule has 26 heavy (non-hydrogen) atoms. The van der Waals surface area contributed by atoms with Gasteiger partial charge in [0.1, 0.15) is 0 Å². The van der Waals surface area contributed by atoms with E-state index in [1.165, 1.54) is 12.1 Å². The van der Waals surface area contributed by atoms with Crippen molar-refractivity contribution in [2.24, 2.45) is 0 Å². The van der Waals surface area contributed by atoms with Crippen molar-refractivity contribution in [2.75, 3.05) is 6.54 Å². The van der Waals surface area contributed by atoms with Gasteiger partial charge in [0, 0.05) is 6.54 Å². The summed E-state index contributed by atoms with van der Waals surface area (Å²) in [5.41, 5.74) is 1.86. The molecule has 1 aliphatic heterocycles. The van der Waals surface area contributed by atoms with Gasteiger partial charge in [-0.3, -0.25) is 14.9 Å². The van der Waals surface area contributed by atoms with Crippen LogP contribution in [0.4, 0.5) is 4.79 Å². The molecule has 8 heteroatoms. The molecule has 1 saturated heterocycles. The second-order valence-electron chi connectivity index (χ2n) is 5.86. The van der Waals surface area contributed by atoms with Gasteiger partial charge in [-0.15, -0.1) is 0 Å². The Hall–Kier alpha value is -2.16. The van der Waals surface area contributed by atoms with Crippen molar-refractivity contribution in [3.05, 3.63) is 65.7 Å². The van der Waals surface area contributed by atoms with Crippen molar-refractivity contribution in [2.45, 2.75) is 23.0 Å². The molecule has 0 saturated carbocycles. The fourth-order valence-electron chi connectivity index (χ4n) is 2.60. The average molecular weight is 390 g/mol. The van der Waals surface area contributed by atoms with E-state index in [1.54, 1.807) is 12.1 Å². The molecule has 3 rings (SSSR count). The lowest BCUT2D eigenvalue weighted by Crippen LogP contribution is -2.26. The summed E-state index contributed by atoms with van der Waals surface area (Å²) in [4.78, 5) is 23.0. The number of hydrogen-bond acceptors (Lipinski definition) is 5. The molecule has 0 unspecified atom stereocenters. The van der Waals surface area contributed by atoms with E-state index in [4.69, 9.17) is 0 Å². The second-order valence-corrected chi connectivity index (χ2v) is 8.81. The maximum absolute atomic E-state index is 12.3. The van der Waals surface area contributed by atoms with E-state index >= 15 is 0 Å². The number of carbonyl (C=O) groups excluding carboxylic acids is 2. The zero-order chi connectivity index (χ0) is 18.6. The zero-order valence-corrected chi connectivity index (χ0v) is 15.5. The van der Waals surface area contributed by atoms with Crippen molar-refractivity contribution < 1.29 is 18.0 Å². The molecule has 1 aliphatic rings. The average Bonchev–Trinajstić information content (AvgIpc) is 2.93. The maximum Gasteiger partial charge on any atom is 0.286 e. The first-order valence-corrected chi connectivity index (χ1v) is 10.4. The first kappa shape index (κ1) is 18.6. The van der Waals surface area contributed by atoms with Crippen LogP contribution in [0, 0.1) is 0 Å². The number of imide groups is 1. The van der Waals surface area contributed by atoms with E-state index in [0.29, 0.717) is 19.4 Å². The summed E-state index contributed by atoms with van der Waals surface area (Å²) in [6.45, 7) is 0.315. The summed E-state index contributed by atoms with van der Waals surface area (Å²) in [7, 11) is -3.58. The summed E-state index contributed by atoms with van der Waals surface area (Å²) in [5.74, 6) is -0.306. The molecule has 0 aromatic heterocycles. The Morgan fingerprint density at radius 1 is 0.962 bits per heavy atom. The largest absolute Gasteiger partial charge is 0.286 e. The molecule has 0 bridgehead atoms. The van der Waals surface area contributed by atoms with E-state index in [9.17, 15) is 18.0 Å². The molecule has 1 atom stereocenters. The molecule has 6 nitrogen and oxygen atoms in total. The lowest BCUT2D eigenvalue weighted by Gasteiger charge is -2.09. The Balaban J connectivity index is 1.58. The fourth-order valence-corrected chi connectivity index (χ4v) is 4.50. The fraction of sp³-hybridized carbons (Fsp3) is 0.222. The van der Waals surface area contributed by atoms with Gasteiger partial charge in [-0.1, -0.05) is 54.2 Å². The van der Waals surface area contributed by atoms with Crippen molar-refractivity contribution in [1.29, 1.82) is 0 Å². The van der Waals surface area contributed by atoms with Gasteiger partial charge in [0.15, 0.2) is 0 Å². The Morgan fingerprint density at radius 3 is 2.27 bits per heavy atom. The Kier molecular flexibility index (Phi) is 5.75. The van der Waals surface area contributed by atoms with E-state index in [0.717, 1.165) is 22.9 Å². The van der Waals surface area contributed by atoms with Crippen molar-refractivity contribution in [3.63, 3.8) is 0 Å². The topological polar surface area (TPSA) is 92.3 Å². The molecule has 1 fully saturated rings. The predicted octanol–water partition coefficient (Wildman–Crippen LogP) is 2.10. The van der Waals surface area contributed by atoms with Gasteiger partial charge >= 0.3 is 0 Å². The summed E-state index contributed by atoms with van der Waals surface area (Å²) in [5, 5.41) is 1.43. The summed E-state index contributed by atoms with van der Waals surface area (Å²) in [6, 6.07) is 16.0. The van der Waals surface area contributed by atoms with Crippen LogP contribution in [-0.4, -0.2) is 31.4 Å². The SMILES string of the molecule is O=C1NC(=O)[C@H](Cc2ccc(S(=O)(=O)NCCc3ccccc3)cc2)S1. The van der Waals surface area contributed by atoms with Crippen LogP contribution < -0.4 is 10.0 Å². The molecule has 2 amide bonds. The number of benzene rings is 2. The number of carbonyl (C=O) groups is 2. The maximum atomic E-state index is 12.3. The predicted molar refractivity (Wildman–Crippen MR) is 100 cm³/mol. The molecule has 1 heterocycles. The number of amides is 2. The summed E-state index contributed by atoms with van der Waals surface area (Å²) < 4.78 is 27.3. The molecule has 2 N–H and O–H groups in total. The minimum absolute atomic E-state index is 0.175. The highest BCUT2D eigenvalue weighted by molar-refractivity contribution is 8.15. The Labute approximate surface area is 156 Å². The quantitative estimate of drug-likeness (QED) is 0.755. The van der Waals surface area contributed by atoms with Gasteiger partial charge in [0.2, 0.25) is 15.9 Å². The summed E-state index contributed by atoms with van der Waals surface area (Å²) in [6.07, 6.45) is 0.990. The third-order valence-electron chi connectivity index (χ3n) is 3.97. The van der Waals surface area contributed by atoms with E-state index in [-0.39, 0.29) is 16.0 Å². The number of nitrogens with one attached hydrogen (secondary N) is 2. The first-order chi connectivity index (χ1) is 12.4. The van der Waals surface area contributed by atoms with Crippen molar-refractivity contribution in [1.82, 2.24) is 10.0 Å². The van der Waals surface area contributed by atoms with Gasteiger partial charge in [-0.2, -0.15) is 0 Å². The Bertz CT molecular complexity index is 897. The molecular weight excluding hydrogens is 372 g/mol. The molecule has 0 spiro atoms. The molecule has 0 aliphatic carbocycles. The number of hydrogen-bond donors (Lipinski definition) is 2. The van der Waals surface area contributed by atoms with Gasteiger partial charge in [-0.05, 0) is 36.1 Å². The highest BCUT2D eigenvalue weighted by Gasteiger charge is 2.31. The van der Waals surface area contributed by atoms with Crippen molar-refractivity contribution in [3.8, 4) is 0 Å². The molecule has 2 aromatic carbocycles. The summed E-state index contributed by atoms with van der Waals surface area (Å²) >= 11 is 0.957.